The van der Waals surface area contributed by atoms with Gasteiger partial charge in [0, 0.05) is 18.5 Å². The molecule has 1 aliphatic rings. The lowest BCUT2D eigenvalue weighted by atomic mass is 10.0. The Morgan fingerprint density at radius 2 is 2.13 bits per heavy atom. The Hall–Kier alpha value is -1.99. The van der Waals surface area contributed by atoms with Crippen molar-refractivity contribution in [3.05, 3.63) is 29.8 Å². The van der Waals surface area contributed by atoms with Gasteiger partial charge in [-0.1, -0.05) is 24.3 Å². The van der Waals surface area contributed by atoms with E-state index in [1.165, 1.54) is 6.42 Å². The second kappa shape index (κ2) is 8.59. The van der Waals surface area contributed by atoms with Gasteiger partial charge < -0.3 is 10.6 Å². The highest BCUT2D eigenvalue weighted by atomic mass is 35.5. The van der Waals surface area contributed by atoms with Gasteiger partial charge in [0.25, 0.3) is 0 Å². The van der Waals surface area contributed by atoms with Gasteiger partial charge in [-0.3, -0.25) is 4.79 Å². The van der Waals surface area contributed by atoms with Crippen LogP contribution in [0.1, 0.15) is 24.8 Å². The average molecular weight is 337 g/mol. The van der Waals surface area contributed by atoms with Crippen molar-refractivity contribution >= 4 is 18.3 Å². The molecule has 0 saturated carbocycles. The van der Waals surface area contributed by atoms with E-state index >= 15 is 0 Å². The van der Waals surface area contributed by atoms with E-state index in [1.54, 1.807) is 0 Å². The highest BCUT2D eigenvalue weighted by Crippen LogP contribution is 2.15. The predicted octanol–water partition coefficient (Wildman–Crippen LogP) is 1.29. The lowest BCUT2D eigenvalue weighted by Crippen LogP contribution is -2.23. The highest BCUT2D eigenvalue weighted by molar-refractivity contribution is 5.85. The molecule has 0 aliphatic carbocycles. The topological polar surface area (TPSA) is 95.6 Å². The lowest BCUT2D eigenvalue weighted by molar-refractivity contribution is -0.121. The quantitative estimate of drug-likeness (QED) is 0.739. The average Bonchev–Trinajstić information content (AvgIpc) is 3.24. The number of hydrogen-bond acceptors (Lipinski definition) is 5. The van der Waals surface area contributed by atoms with Crippen LogP contribution in [-0.2, 0) is 11.3 Å². The molecule has 1 unspecified atom stereocenters. The zero-order valence-corrected chi connectivity index (χ0v) is 13.6. The van der Waals surface area contributed by atoms with Crippen LogP contribution >= 0.6 is 12.4 Å². The van der Waals surface area contributed by atoms with E-state index in [0.717, 1.165) is 30.6 Å². The number of carbonyl (C=O) groups excluding carboxylic acids is 1. The SMILES string of the molecule is Cl.O=C(CCC1CCNC1)NCc1ccc(-c2nn[nH]n2)cc1. The minimum absolute atomic E-state index is 0. The maximum absolute atomic E-state index is 11.9. The minimum atomic E-state index is 0. The molecule has 1 atom stereocenters. The van der Waals surface area contributed by atoms with Gasteiger partial charge in [0.15, 0.2) is 0 Å². The van der Waals surface area contributed by atoms with Crippen molar-refractivity contribution in [2.75, 3.05) is 13.1 Å². The fourth-order valence-electron chi connectivity index (χ4n) is 2.64. The third-order valence-electron chi connectivity index (χ3n) is 3.99. The molecule has 124 valence electrons. The largest absolute Gasteiger partial charge is 0.352 e. The zero-order valence-electron chi connectivity index (χ0n) is 12.8. The van der Waals surface area contributed by atoms with Crippen molar-refractivity contribution in [3.8, 4) is 11.4 Å². The number of tetrazole rings is 1. The third kappa shape index (κ3) is 5.01. The molecule has 1 aromatic heterocycles. The Kier molecular flexibility index (Phi) is 6.49. The molecule has 3 rings (SSSR count). The Morgan fingerprint density at radius 3 is 2.78 bits per heavy atom. The van der Waals surface area contributed by atoms with E-state index in [4.69, 9.17) is 0 Å². The number of aromatic amines is 1. The molecular weight excluding hydrogens is 316 g/mol. The van der Waals surface area contributed by atoms with Crippen LogP contribution in [0.15, 0.2) is 24.3 Å². The first-order valence-electron chi connectivity index (χ1n) is 7.61. The van der Waals surface area contributed by atoms with Crippen molar-refractivity contribution in [1.29, 1.82) is 0 Å². The van der Waals surface area contributed by atoms with E-state index in [2.05, 4.69) is 31.3 Å². The van der Waals surface area contributed by atoms with Gasteiger partial charge in [0.2, 0.25) is 11.7 Å². The summed E-state index contributed by atoms with van der Waals surface area (Å²) in [6, 6.07) is 7.78. The number of halogens is 1. The van der Waals surface area contributed by atoms with Crippen molar-refractivity contribution in [1.82, 2.24) is 31.3 Å². The van der Waals surface area contributed by atoms with E-state index < -0.39 is 0 Å². The molecule has 0 radical (unpaired) electrons. The van der Waals surface area contributed by atoms with E-state index in [9.17, 15) is 4.79 Å². The molecule has 1 aliphatic heterocycles. The summed E-state index contributed by atoms with van der Waals surface area (Å²) in [7, 11) is 0. The predicted molar refractivity (Wildman–Crippen MR) is 88.9 cm³/mol. The maximum Gasteiger partial charge on any atom is 0.220 e. The molecule has 0 spiro atoms. The van der Waals surface area contributed by atoms with Gasteiger partial charge >= 0.3 is 0 Å². The number of aromatic nitrogens is 4. The molecule has 23 heavy (non-hydrogen) atoms. The number of rotatable bonds is 6. The monoisotopic (exact) mass is 336 g/mol. The lowest BCUT2D eigenvalue weighted by Gasteiger charge is -2.09. The number of amides is 1. The Morgan fingerprint density at radius 1 is 1.30 bits per heavy atom. The van der Waals surface area contributed by atoms with Crippen LogP contribution in [0, 0.1) is 5.92 Å². The summed E-state index contributed by atoms with van der Waals surface area (Å²) in [4.78, 5) is 11.9. The Labute approximate surface area is 141 Å². The first-order chi connectivity index (χ1) is 10.8. The van der Waals surface area contributed by atoms with Gasteiger partial charge in [0.05, 0.1) is 0 Å². The standard InChI is InChI=1S/C15H20N6O.ClH/c22-14(6-3-12-7-8-16-9-12)17-10-11-1-4-13(5-2-11)15-18-20-21-19-15;/h1-2,4-5,12,16H,3,6-10H2,(H,17,22)(H,18,19,20,21);1H. The van der Waals surface area contributed by atoms with Crippen LogP contribution in [0.25, 0.3) is 11.4 Å². The van der Waals surface area contributed by atoms with Crippen LogP contribution in [0.4, 0.5) is 0 Å². The first-order valence-corrected chi connectivity index (χ1v) is 7.61. The Balaban J connectivity index is 0.00000192. The second-order valence-corrected chi connectivity index (χ2v) is 5.61. The number of benzene rings is 1. The molecular formula is C15H21ClN6O. The molecule has 1 saturated heterocycles. The van der Waals surface area contributed by atoms with E-state index in [1.807, 2.05) is 24.3 Å². The molecule has 8 heteroatoms. The minimum Gasteiger partial charge on any atom is -0.352 e. The van der Waals surface area contributed by atoms with Crippen LogP contribution in [0.2, 0.25) is 0 Å². The summed E-state index contributed by atoms with van der Waals surface area (Å²) in [5.74, 6) is 1.34. The number of H-pyrrole nitrogens is 1. The summed E-state index contributed by atoms with van der Waals surface area (Å²) < 4.78 is 0. The number of hydrogen-bond donors (Lipinski definition) is 3. The smallest absolute Gasteiger partial charge is 0.220 e. The Bertz CT molecular complexity index is 595. The fourth-order valence-corrected chi connectivity index (χ4v) is 2.64. The molecule has 1 amide bonds. The third-order valence-corrected chi connectivity index (χ3v) is 3.99. The van der Waals surface area contributed by atoms with Gasteiger partial charge in [-0.2, -0.15) is 5.21 Å². The summed E-state index contributed by atoms with van der Waals surface area (Å²) in [5, 5.41) is 20.1. The number of nitrogens with zero attached hydrogens (tertiary/aromatic N) is 3. The molecule has 1 fully saturated rings. The van der Waals surface area contributed by atoms with Gasteiger partial charge in [-0.05, 0) is 42.6 Å². The summed E-state index contributed by atoms with van der Waals surface area (Å²) in [5.41, 5.74) is 1.96. The van der Waals surface area contributed by atoms with E-state index in [0.29, 0.717) is 24.7 Å². The molecule has 3 N–H and O–H groups in total. The van der Waals surface area contributed by atoms with Crippen LogP contribution in [0.3, 0.4) is 0 Å². The van der Waals surface area contributed by atoms with Crippen molar-refractivity contribution in [2.45, 2.75) is 25.8 Å². The first kappa shape index (κ1) is 17.4. The summed E-state index contributed by atoms with van der Waals surface area (Å²) in [6.45, 7) is 2.68. The zero-order chi connectivity index (χ0) is 15.2. The highest BCUT2D eigenvalue weighted by Gasteiger charge is 2.15. The number of carbonyl (C=O) groups is 1. The molecule has 7 nitrogen and oxygen atoms in total. The maximum atomic E-state index is 11.9. The summed E-state index contributed by atoms with van der Waals surface area (Å²) >= 11 is 0. The van der Waals surface area contributed by atoms with Crippen molar-refractivity contribution in [3.63, 3.8) is 0 Å². The summed E-state index contributed by atoms with van der Waals surface area (Å²) in [6.07, 6.45) is 2.76. The van der Waals surface area contributed by atoms with Gasteiger partial charge in [-0.25, -0.2) is 0 Å². The normalized spacial score (nSPS) is 16.8. The van der Waals surface area contributed by atoms with Crippen molar-refractivity contribution in [2.24, 2.45) is 5.92 Å². The van der Waals surface area contributed by atoms with Gasteiger partial charge in [0.1, 0.15) is 0 Å². The van der Waals surface area contributed by atoms with Crippen molar-refractivity contribution < 1.29 is 4.79 Å². The van der Waals surface area contributed by atoms with E-state index in [-0.39, 0.29) is 18.3 Å². The number of nitrogens with one attached hydrogen (secondary N) is 3. The van der Waals surface area contributed by atoms with Gasteiger partial charge in [-0.15, -0.1) is 22.6 Å². The molecule has 1 aromatic carbocycles. The fraction of sp³-hybridized carbons (Fsp3) is 0.467. The van der Waals surface area contributed by atoms with Crippen LogP contribution in [0.5, 0.6) is 0 Å². The molecule has 2 heterocycles. The molecule has 0 bridgehead atoms. The molecule has 2 aromatic rings. The van der Waals surface area contributed by atoms with Crippen LogP contribution < -0.4 is 10.6 Å². The second-order valence-electron chi connectivity index (χ2n) is 5.61. The van der Waals surface area contributed by atoms with Crippen LogP contribution in [-0.4, -0.2) is 39.6 Å².